The number of carbonyl (C=O) groups is 4. The number of aryl methyl sites for hydroxylation is 1. The molecule has 0 bridgehead atoms. The number of amides is 4. The van der Waals surface area contributed by atoms with Gasteiger partial charge in [-0.05, 0) is 65.0 Å². The van der Waals surface area contributed by atoms with Crippen LogP contribution in [0.25, 0.3) is 0 Å². The first-order valence-electron chi connectivity index (χ1n) is 12.0. The van der Waals surface area contributed by atoms with Gasteiger partial charge in [0.05, 0.1) is 36.2 Å². The van der Waals surface area contributed by atoms with E-state index in [1.54, 1.807) is 43.3 Å². The number of carboxylic acid groups (broad SMARTS) is 1. The van der Waals surface area contributed by atoms with E-state index in [0.29, 0.717) is 32.8 Å². The van der Waals surface area contributed by atoms with Gasteiger partial charge in [-0.25, -0.2) is 9.69 Å². The van der Waals surface area contributed by atoms with Crippen molar-refractivity contribution in [2.24, 2.45) is 17.6 Å². The minimum Gasteiger partial charge on any atom is -0.493 e. The maximum absolute atomic E-state index is 14.0. The number of imide groups is 1. The third-order valence-electron chi connectivity index (χ3n) is 7.25. The highest BCUT2D eigenvalue weighted by molar-refractivity contribution is 9.10. The lowest BCUT2D eigenvalue weighted by atomic mass is 9.77. The Balaban J connectivity index is 1.85. The number of nitrogens with one attached hydrogen (secondary N) is 2. The zero-order valence-electron chi connectivity index (χ0n) is 21.1. The Hall–Kier alpha value is -3.64. The average Bonchev–Trinajstić information content (AvgIpc) is 3.36. The number of primary amides is 1. The van der Waals surface area contributed by atoms with Crippen molar-refractivity contribution in [2.75, 3.05) is 25.7 Å². The van der Waals surface area contributed by atoms with Crippen molar-refractivity contribution in [3.05, 3.63) is 52.0 Å². The van der Waals surface area contributed by atoms with E-state index in [1.165, 1.54) is 14.2 Å². The number of aliphatic carboxylic acids is 1. The van der Waals surface area contributed by atoms with Crippen molar-refractivity contribution >= 4 is 45.4 Å². The third kappa shape index (κ3) is 4.47. The number of halogens is 1. The number of anilines is 1. The van der Waals surface area contributed by atoms with Crippen molar-refractivity contribution in [3.63, 3.8) is 0 Å². The fourth-order valence-corrected chi connectivity index (χ4v) is 6.19. The zero-order valence-corrected chi connectivity index (χ0v) is 22.7. The van der Waals surface area contributed by atoms with Crippen LogP contribution in [-0.2, 0) is 14.4 Å². The zero-order chi connectivity index (χ0) is 27.8. The van der Waals surface area contributed by atoms with E-state index in [2.05, 4.69) is 26.6 Å². The molecule has 0 aliphatic carbocycles. The van der Waals surface area contributed by atoms with E-state index in [1.807, 2.05) is 0 Å². The summed E-state index contributed by atoms with van der Waals surface area (Å²) in [6, 6.07) is 8.78. The molecule has 2 saturated heterocycles. The van der Waals surface area contributed by atoms with E-state index < -0.39 is 47.2 Å². The summed E-state index contributed by atoms with van der Waals surface area (Å²) in [7, 11) is 2.96. The number of nitrogens with zero attached hydrogens (tertiary/aromatic N) is 1. The summed E-state index contributed by atoms with van der Waals surface area (Å²) in [5, 5.41) is 16.1. The van der Waals surface area contributed by atoms with E-state index in [0.717, 1.165) is 4.90 Å². The largest absolute Gasteiger partial charge is 0.493 e. The van der Waals surface area contributed by atoms with Gasteiger partial charge in [0.1, 0.15) is 5.54 Å². The Morgan fingerprint density at radius 3 is 2.50 bits per heavy atom. The molecule has 2 aliphatic heterocycles. The van der Waals surface area contributed by atoms with Crippen molar-refractivity contribution in [1.29, 1.82) is 0 Å². The van der Waals surface area contributed by atoms with Crippen LogP contribution in [0, 0.1) is 18.8 Å². The van der Waals surface area contributed by atoms with Gasteiger partial charge in [0, 0.05) is 12.6 Å². The number of carbonyl (C=O) groups excluding carboxylic acids is 3. The smallest absolute Gasteiger partial charge is 0.324 e. The lowest BCUT2D eigenvalue weighted by molar-refractivity contribution is -0.149. The highest BCUT2D eigenvalue weighted by Crippen LogP contribution is 2.53. The van der Waals surface area contributed by atoms with Crippen molar-refractivity contribution in [3.8, 4) is 11.5 Å². The molecule has 0 aromatic heterocycles. The second-order valence-corrected chi connectivity index (χ2v) is 10.2. The maximum Gasteiger partial charge on any atom is 0.324 e. The van der Waals surface area contributed by atoms with Gasteiger partial charge in [-0.1, -0.05) is 18.2 Å². The van der Waals surface area contributed by atoms with Gasteiger partial charge in [0.25, 0.3) is 0 Å². The van der Waals surface area contributed by atoms with Gasteiger partial charge in [0.2, 0.25) is 11.8 Å². The topological polar surface area (TPSA) is 160 Å². The van der Waals surface area contributed by atoms with E-state index in [9.17, 15) is 24.3 Å². The summed E-state index contributed by atoms with van der Waals surface area (Å²) in [6.07, 6.45) is 0.176. The van der Waals surface area contributed by atoms with Crippen LogP contribution in [0.3, 0.4) is 0 Å². The number of para-hydroxylation sites is 1. The number of methoxy groups -OCH3 is 2. The molecule has 2 heterocycles. The van der Waals surface area contributed by atoms with Crippen molar-refractivity contribution < 1.29 is 33.8 Å². The van der Waals surface area contributed by atoms with Crippen LogP contribution >= 0.6 is 15.9 Å². The summed E-state index contributed by atoms with van der Waals surface area (Å²) in [6.45, 7) is 1.89. The van der Waals surface area contributed by atoms with Gasteiger partial charge in [-0.15, -0.1) is 0 Å². The quantitative estimate of drug-likeness (QED) is 0.257. The molecule has 2 aromatic rings. The number of hydrogen-bond donors (Lipinski definition) is 4. The van der Waals surface area contributed by atoms with Crippen molar-refractivity contribution in [2.45, 2.75) is 31.3 Å². The molecule has 38 heavy (non-hydrogen) atoms. The van der Waals surface area contributed by atoms with Crippen LogP contribution in [0.4, 0.5) is 10.5 Å². The van der Waals surface area contributed by atoms with Crippen LogP contribution in [-0.4, -0.2) is 55.2 Å². The average molecular weight is 589 g/mol. The highest BCUT2D eigenvalue weighted by atomic mass is 79.9. The second kappa shape index (κ2) is 10.6. The molecule has 4 unspecified atom stereocenters. The fraction of sp³-hybridized carbons (Fsp3) is 0.385. The van der Waals surface area contributed by atoms with E-state index in [4.69, 9.17) is 15.2 Å². The molecule has 2 aromatic carbocycles. The second-order valence-electron chi connectivity index (χ2n) is 9.33. The summed E-state index contributed by atoms with van der Waals surface area (Å²) >= 11 is 3.46. The highest BCUT2D eigenvalue weighted by Gasteiger charge is 2.68. The summed E-state index contributed by atoms with van der Waals surface area (Å²) in [5.74, 6) is -3.74. The monoisotopic (exact) mass is 588 g/mol. The van der Waals surface area contributed by atoms with Crippen LogP contribution in [0.1, 0.15) is 30.0 Å². The van der Waals surface area contributed by atoms with E-state index >= 15 is 0 Å². The van der Waals surface area contributed by atoms with Gasteiger partial charge < -0.3 is 25.6 Å². The maximum atomic E-state index is 14.0. The minimum absolute atomic E-state index is 0.0324. The summed E-state index contributed by atoms with van der Waals surface area (Å²) in [4.78, 5) is 53.1. The predicted molar refractivity (Wildman–Crippen MR) is 141 cm³/mol. The molecular formula is C26H29BrN4O7. The Bertz CT molecular complexity index is 1300. The van der Waals surface area contributed by atoms with Crippen molar-refractivity contribution in [1.82, 2.24) is 10.6 Å². The molecule has 12 heteroatoms. The van der Waals surface area contributed by atoms with Gasteiger partial charge >= 0.3 is 12.0 Å². The Morgan fingerprint density at radius 2 is 1.89 bits per heavy atom. The van der Waals surface area contributed by atoms with Crippen LogP contribution in [0.15, 0.2) is 40.9 Å². The van der Waals surface area contributed by atoms with E-state index in [-0.39, 0.29) is 19.4 Å². The molecule has 5 N–H and O–H groups in total. The minimum atomic E-state index is -1.78. The summed E-state index contributed by atoms with van der Waals surface area (Å²) < 4.78 is 11.4. The van der Waals surface area contributed by atoms with Gasteiger partial charge in [-0.3, -0.25) is 19.7 Å². The molecule has 4 rings (SSSR count). The fourth-order valence-electron chi connectivity index (χ4n) is 5.57. The van der Waals surface area contributed by atoms with Gasteiger partial charge in [0.15, 0.2) is 11.5 Å². The number of urea groups is 1. The van der Waals surface area contributed by atoms with Gasteiger partial charge in [-0.2, -0.15) is 0 Å². The molecule has 0 radical (unpaired) electrons. The Labute approximate surface area is 227 Å². The lowest BCUT2D eigenvalue weighted by Gasteiger charge is -2.31. The molecule has 0 spiro atoms. The molecule has 0 saturated carbocycles. The first-order valence-corrected chi connectivity index (χ1v) is 12.8. The normalized spacial score (nSPS) is 24.3. The number of nitrogens with two attached hydrogens (primary N) is 1. The SMILES string of the molecule is COc1cc(C2NC(CCCNC(N)=O)(C(=O)O)C3C(=O)N(c4ccccc4C)C(=O)C23)cc(Br)c1OC. The summed E-state index contributed by atoms with van der Waals surface area (Å²) in [5.41, 5.74) is 5.05. The molecule has 2 aliphatic rings. The molecule has 4 atom stereocenters. The molecule has 202 valence electrons. The molecule has 2 fully saturated rings. The van der Waals surface area contributed by atoms with Crippen LogP contribution in [0.5, 0.6) is 11.5 Å². The Kier molecular flexibility index (Phi) is 7.65. The van der Waals surface area contributed by atoms with Crippen LogP contribution in [0.2, 0.25) is 0 Å². The Morgan fingerprint density at radius 1 is 1.18 bits per heavy atom. The van der Waals surface area contributed by atoms with Crippen LogP contribution < -0.4 is 30.7 Å². The number of carboxylic acids is 1. The number of rotatable bonds is 9. The standard InChI is InChI=1S/C26H29BrN4O7/c1-13-7-4-5-8-16(13)31-22(32)18-19(23(31)33)26(24(34)35,9-6-10-29-25(28)36)30-20(18)14-11-15(27)21(38-3)17(12-14)37-2/h4-5,7-8,11-12,18-20,30H,6,9-10H2,1-3H3,(H,34,35)(H3,28,29,36). The number of benzene rings is 2. The lowest BCUT2D eigenvalue weighted by Crippen LogP contribution is -2.56. The number of hydrogen-bond acceptors (Lipinski definition) is 7. The first kappa shape index (κ1) is 27.4. The molecule has 11 nitrogen and oxygen atoms in total. The predicted octanol–water partition coefficient (Wildman–Crippen LogP) is 2.50. The third-order valence-corrected chi connectivity index (χ3v) is 7.84. The number of fused-ring (bicyclic) bond motifs is 1. The number of ether oxygens (including phenoxy) is 2. The molecular weight excluding hydrogens is 560 g/mol. The first-order chi connectivity index (χ1) is 18.1. The molecule has 4 amide bonds.